The van der Waals surface area contributed by atoms with Gasteiger partial charge in [-0.15, -0.1) is 0 Å². The van der Waals surface area contributed by atoms with Crippen molar-refractivity contribution in [2.45, 2.75) is 38.8 Å². The standard InChI is InChI=1S/C15H22F2N2/c1-2-19-8-3-4-14(7-9-19)18-11-12-5-6-13(16)10-15(12)17/h5-6,10,14,18H,2-4,7-9,11H2,1H3. The van der Waals surface area contributed by atoms with Crippen molar-refractivity contribution in [1.29, 1.82) is 0 Å². The smallest absolute Gasteiger partial charge is 0.130 e. The molecule has 2 nitrogen and oxygen atoms in total. The fourth-order valence-corrected chi connectivity index (χ4v) is 2.60. The van der Waals surface area contributed by atoms with E-state index in [4.69, 9.17) is 0 Å². The van der Waals surface area contributed by atoms with Gasteiger partial charge in [-0.1, -0.05) is 13.0 Å². The Hall–Kier alpha value is -1.00. The zero-order valence-electron chi connectivity index (χ0n) is 11.5. The van der Waals surface area contributed by atoms with E-state index in [0.717, 1.165) is 38.5 Å². The molecule has 1 aromatic carbocycles. The van der Waals surface area contributed by atoms with E-state index in [1.165, 1.54) is 18.6 Å². The van der Waals surface area contributed by atoms with Crippen molar-refractivity contribution < 1.29 is 8.78 Å². The molecule has 1 fully saturated rings. The Labute approximate surface area is 113 Å². The maximum Gasteiger partial charge on any atom is 0.130 e. The van der Waals surface area contributed by atoms with Gasteiger partial charge in [0.2, 0.25) is 0 Å². The van der Waals surface area contributed by atoms with E-state index in [1.807, 2.05) is 0 Å². The molecule has 1 heterocycles. The van der Waals surface area contributed by atoms with Crippen molar-refractivity contribution in [1.82, 2.24) is 10.2 Å². The van der Waals surface area contributed by atoms with Gasteiger partial charge in [0.25, 0.3) is 0 Å². The molecule has 1 atom stereocenters. The second-order valence-electron chi connectivity index (χ2n) is 5.18. The predicted octanol–water partition coefficient (Wildman–Crippen LogP) is 2.93. The Bertz CT molecular complexity index is 409. The van der Waals surface area contributed by atoms with Crippen LogP contribution in [0, 0.1) is 11.6 Å². The number of hydrogen-bond acceptors (Lipinski definition) is 2. The highest BCUT2D eigenvalue weighted by Crippen LogP contribution is 2.13. The molecular weight excluding hydrogens is 246 g/mol. The van der Waals surface area contributed by atoms with Crippen LogP contribution in [0.25, 0.3) is 0 Å². The molecule has 4 heteroatoms. The van der Waals surface area contributed by atoms with Gasteiger partial charge in [-0.3, -0.25) is 0 Å². The maximum atomic E-state index is 13.5. The van der Waals surface area contributed by atoms with Crippen LogP contribution < -0.4 is 5.32 Å². The van der Waals surface area contributed by atoms with Gasteiger partial charge in [0.05, 0.1) is 0 Å². The third kappa shape index (κ3) is 4.25. The Morgan fingerprint density at radius 1 is 1.26 bits per heavy atom. The Morgan fingerprint density at radius 3 is 2.84 bits per heavy atom. The van der Waals surface area contributed by atoms with E-state index >= 15 is 0 Å². The van der Waals surface area contributed by atoms with Crippen LogP contribution in [0.2, 0.25) is 0 Å². The molecule has 106 valence electrons. The van der Waals surface area contributed by atoms with E-state index < -0.39 is 11.6 Å². The summed E-state index contributed by atoms with van der Waals surface area (Å²) in [6.07, 6.45) is 3.40. The minimum Gasteiger partial charge on any atom is -0.310 e. The van der Waals surface area contributed by atoms with E-state index in [1.54, 1.807) is 0 Å². The maximum absolute atomic E-state index is 13.5. The molecule has 1 aliphatic rings. The molecule has 1 aromatic rings. The summed E-state index contributed by atoms with van der Waals surface area (Å²) < 4.78 is 26.3. The lowest BCUT2D eigenvalue weighted by atomic mass is 10.1. The molecule has 19 heavy (non-hydrogen) atoms. The molecule has 1 aliphatic heterocycles. The molecule has 0 spiro atoms. The lowest BCUT2D eigenvalue weighted by Crippen LogP contribution is -2.30. The minimum absolute atomic E-state index is 0.431. The molecule has 1 N–H and O–H groups in total. The van der Waals surface area contributed by atoms with Gasteiger partial charge in [-0.2, -0.15) is 0 Å². The van der Waals surface area contributed by atoms with Crippen LogP contribution in [0.5, 0.6) is 0 Å². The van der Waals surface area contributed by atoms with Crippen molar-refractivity contribution in [3.05, 3.63) is 35.4 Å². The van der Waals surface area contributed by atoms with Crippen LogP contribution in [-0.4, -0.2) is 30.6 Å². The molecule has 0 bridgehead atoms. The van der Waals surface area contributed by atoms with Crippen molar-refractivity contribution >= 4 is 0 Å². The lowest BCUT2D eigenvalue weighted by Gasteiger charge is -2.18. The number of nitrogens with zero attached hydrogens (tertiary/aromatic N) is 1. The zero-order chi connectivity index (χ0) is 13.7. The number of hydrogen-bond donors (Lipinski definition) is 1. The predicted molar refractivity (Wildman–Crippen MR) is 73.0 cm³/mol. The van der Waals surface area contributed by atoms with Gasteiger partial charge in [0.1, 0.15) is 11.6 Å². The molecule has 1 unspecified atom stereocenters. The van der Waals surface area contributed by atoms with Crippen LogP contribution >= 0.6 is 0 Å². The highest BCUT2D eigenvalue weighted by atomic mass is 19.1. The van der Waals surface area contributed by atoms with Gasteiger partial charge in [-0.05, 0) is 45.0 Å². The molecule has 2 rings (SSSR count). The van der Waals surface area contributed by atoms with Crippen LogP contribution in [-0.2, 0) is 6.54 Å². The van der Waals surface area contributed by atoms with Crippen LogP contribution in [0.4, 0.5) is 8.78 Å². The monoisotopic (exact) mass is 268 g/mol. The summed E-state index contributed by atoms with van der Waals surface area (Å²) in [7, 11) is 0. The SMILES string of the molecule is CCN1CCCC(NCc2ccc(F)cc2F)CC1. The summed E-state index contributed by atoms with van der Waals surface area (Å²) in [6.45, 7) is 6.00. The van der Waals surface area contributed by atoms with Crippen LogP contribution in [0.3, 0.4) is 0 Å². The summed E-state index contributed by atoms with van der Waals surface area (Å²) in [5.74, 6) is -0.981. The Kier molecular flexibility index (Phi) is 5.28. The summed E-state index contributed by atoms with van der Waals surface area (Å²) in [5.41, 5.74) is 0.540. The second-order valence-corrected chi connectivity index (χ2v) is 5.18. The number of rotatable bonds is 4. The summed E-state index contributed by atoms with van der Waals surface area (Å²) >= 11 is 0. The van der Waals surface area contributed by atoms with E-state index in [9.17, 15) is 8.78 Å². The minimum atomic E-state index is -0.519. The van der Waals surface area contributed by atoms with Gasteiger partial charge < -0.3 is 10.2 Å². The van der Waals surface area contributed by atoms with E-state index in [-0.39, 0.29) is 0 Å². The second kappa shape index (κ2) is 6.96. The van der Waals surface area contributed by atoms with Crippen LogP contribution in [0.15, 0.2) is 18.2 Å². The van der Waals surface area contributed by atoms with Crippen LogP contribution in [0.1, 0.15) is 31.7 Å². The van der Waals surface area contributed by atoms with Crippen molar-refractivity contribution in [2.24, 2.45) is 0 Å². The topological polar surface area (TPSA) is 15.3 Å². The lowest BCUT2D eigenvalue weighted by molar-refractivity contribution is 0.297. The largest absolute Gasteiger partial charge is 0.310 e. The number of halogens is 2. The van der Waals surface area contributed by atoms with Gasteiger partial charge >= 0.3 is 0 Å². The molecule has 0 aromatic heterocycles. The third-order valence-electron chi connectivity index (χ3n) is 3.86. The first-order valence-electron chi connectivity index (χ1n) is 7.08. The molecular formula is C15H22F2N2. The third-order valence-corrected chi connectivity index (χ3v) is 3.86. The summed E-state index contributed by atoms with van der Waals surface area (Å²) in [4.78, 5) is 2.44. The average molecular weight is 268 g/mol. The van der Waals surface area contributed by atoms with E-state index in [0.29, 0.717) is 18.2 Å². The highest BCUT2D eigenvalue weighted by molar-refractivity contribution is 5.18. The summed E-state index contributed by atoms with van der Waals surface area (Å²) in [6, 6.07) is 4.21. The van der Waals surface area contributed by atoms with Gasteiger partial charge in [-0.25, -0.2) is 8.78 Å². The Morgan fingerprint density at radius 2 is 2.11 bits per heavy atom. The van der Waals surface area contributed by atoms with Crippen molar-refractivity contribution in [3.8, 4) is 0 Å². The first kappa shape index (κ1) is 14.4. The highest BCUT2D eigenvalue weighted by Gasteiger charge is 2.16. The molecule has 0 saturated carbocycles. The first-order chi connectivity index (χ1) is 9.19. The van der Waals surface area contributed by atoms with Crippen molar-refractivity contribution in [2.75, 3.05) is 19.6 Å². The molecule has 1 saturated heterocycles. The Balaban J connectivity index is 1.84. The van der Waals surface area contributed by atoms with E-state index in [2.05, 4.69) is 17.1 Å². The molecule has 0 aliphatic carbocycles. The number of nitrogens with one attached hydrogen (secondary N) is 1. The van der Waals surface area contributed by atoms with Gasteiger partial charge in [0, 0.05) is 24.2 Å². The fourth-order valence-electron chi connectivity index (χ4n) is 2.60. The summed E-state index contributed by atoms with van der Waals surface area (Å²) in [5, 5.41) is 3.39. The quantitative estimate of drug-likeness (QED) is 0.903. The number of likely N-dealkylation sites (tertiary alicyclic amines) is 1. The fraction of sp³-hybridized carbons (Fsp3) is 0.600. The van der Waals surface area contributed by atoms with Gasteiger partial charge in [0.15, 0.2) is 0 Å². The normalized spacial score (nSPS) is 21.3. The van der Waals surface area contributed by atoms with Crippen molar-refractivity contribution in [3.63, 3.8) is 0 Å². The number of benzene rings is 1. The average Bonchev–Trinajstić information content (AvgIpc) is 2.63. The first-order valence-corrected chi connectivity index (χ1v) is 7.08. The zero-order valence-corrected chi connectivity index (χ0v) is 11.5. The molecule has 0 radical (unpaired) electrons. The molecule has 0 amide bonds.